The van der Waals surface area contributed by atoms with Gasteiger partial charge in [0, 0.05) is 6.44 Å². The van der Waals surface area contributed by atoms with Crippen LogP contribution in [-0.2, 0) is 0 Å². The number of hydrogen-bond acceptors (Lipinski definition) is 3. The highest BCUT2D eigenvalue weighted by atomic mass is 16.4. The lowest BCUT2D eigenvalue weighted by molar-refractivity contribution is 0.330. The van der Waals surface area contributed by atoms with Crippen molar-refractivity contribution < 1.29 is 10.0 Å². The van der Waals surface area contributed by atoms with Crippen LogP contribution in [0.15, 0.2) is 0 Å². The molecule has 0 aromatic rings. The summed E-state index contributed by atoms with van der Waals surface area (Å²) in [5.41, 5.74) is 0. The Morgan fingerprint density at radius 3 is 2.12 bits per heavy atom. The highest BCUT2D eigenvalue weighted by Gasteiger charge is 2.07. The molecule has 0 aliphatic rings. The first-order valence-corrected chi connectivity index (χ1v) is 2.71. The Hall–Kier alpha value is -0.0551. The maximum Gasteiger partial charge on any atom is 0.466 e. The average molecular weight is 117 g/mol. The zero-order valence-electron chi connectivity index (χ0n) is 5.33. The predicted octanol–water partition coefficient (Wildman–Crippen LogP) is -1.05. The summed E-state index contributed by atoms with van der Waals surface area (Å²) in [6, 6.07) is 0. The standard InChI is InChI=1S/C4H12BNO2/c1-3-6(2)4-5(7)8/h7-8H,3-4H2,1-2H3. The van der Waals surface area contributed by atoms with Crippen molar-refractivity contribution in [3.8, 4) is 0 Å². The third kappa shape index (κ3) is 4.11. The molecule has 0 fully saturated rings. The molecule has 0 aliphatic heterocycles. The highest BCUT2D eigenvalue weighted by molar-refractivity contribution is 6.41. The van der Waals surface area contributed by atoms with Crippen molar-refractivity contribution in [1.82, 2.24) is 4.90 Å². The maximum absolute atomic E-state index is 8.37. The quantitative estimate of drug-likeness (QED) is 0.463. The van der Waals surface area contributed by atoms with E-state index in [4.69, 9.17) is 10.0 Å². The fourth-order valence-electron chi connectivity index (χ4n) is 0.408. The van der Waals surface area contributed by atoms with Gasteiger partial charge >= 0.3 is 7.12 Å². The molecule has 0 radical (unpaired) electrons. The van der Waals surface area contributed by atoms with Gasteiger partial charge in [0.1, 0.15) is 0 Å². The molecule has 2 N–H and O–H groups in total. The highest BCUT2D eigenvalue weighted by Crippen LogP contribution is 1.79. The fraction of sp³-hybridized carbons (Fsp3) is 1.00. The molecule has 0 rings (SSSR count). The Kier molecular flexibility index (Phi) is 3.86. The number of hydrogen-bond donors (Lipinski definition) is 2. The van der Waals surface area contributed by atoms with Crippen molar-refractivity contribution in [2.75, 3.05) is 20.0 Å². The molecule has 0 saturated carbocycles. The van der Waals surface area contributed by atoms with E-state index in [1.54, 1.807) is 0 Å². The molecule has 0 atom stereocenters. The minimum Gasteiger partial charge on any atom is -0.426 e. The van der Waals surface area contributed by atoms with Crippen molar-refractivity contribution in [3.05, 3.63) is 0 Å². The van der Waals surface area contributed by atoms with E-state index in [2.05, 4.69) is 0 Å². The van der Waals surface area contributed by atoms with Crippen LogP contribution >= 0.6 is 0 Å². The van der Waals surface area contributed by atoms with Gasteiger partial charge in [0.2, 0.25) is 0 Å². The number of rotatable bonds is 3. The molecule has 0 spiro atoms. The fourth-order valence-corrected chi connectivity index (χ4v) is 0.408. The summed E-state index contributed by atoms with van der Waals surface area (Å²) in [6.45, 7) is 2.81. The van der Waals surface area contributed by atoms with Crippen LogP contribution in [0.1, 0.15) is 6.92 Å². The molecule has 0 aliphatic carbocycles. The molecular formula is C4H12BNO2. The molecule has 0 bridgehead atoms. The van der Waals surface area contributed by atoms with Crippen LogP contribution in [0.2, 0.25) is 0 Å². The second-order valence-corrected chi connectivity index (χ2v) is 1.84. The molecule has 0 heterocycles. The lowest BCUT2D eigenvalue weighted by Crippen LogP contribution is -2.32. The van der Waals surface area contributed by atoms with Crippen LogP contribution in [0.3, 0.4) is 0 Å². The molecule has 0 unspecified atom stereocenters. The van der Waals surface area contributed by atoms with Gasteiger partial charge < -0.3 is 14.9 Å². The van der Waals surface area contributed by atoms with Gasteiger partial charge in [-0.15, -0.1) is 0 Å². The van der Waals surface area contributed by atoms with Crippen molar-refractivity contribution in [3.63, 3.8) is 0 Å². The summed E-state index contributed by atoms with van der Waals surface area (Å²) in [6.07, 6.45) is 0.330. The molecule has 4 heteroatoms. The lowest BCUT2D eigenvalue weighted by atomic mass is 9.92. The molecular weight excluding hydrogens is 105 g/mol. The van der Waals surface area contributed by atoms with E-state index >= 15 is 0 Å². The van der Waals surface area contributed by atoms with Gasteiger partial charge in [0.05, 0.1) is 0 Å². The Labute approximate surface area is 50.1 Å². The van der Waals surface area contributed by atoms with E-state index < -0.39 is 7.12 Å². The summed E-state index contributed by atoms with van der Waals surface area (Å²) >= 11 is 0. The van der Waals surface area contributed by atoms with Crippen LogP contribution in [0.4, 0.5) is 0 Å². The van der Waals surface area contributed by atoms with E-state index in [0.717, 1.165) is 6.54 Å². The van der Waals surface area contributed by atoms with E-state index in [0.29, 0.717) is 6.44 Å². The summed E-state index contributed by atoms with van der Waals surface area (Å²) in [4.78, 5) is 1.82. The zero-order chi connectivity index (χ0) is 6.57. The first-order chi connectivity index (χ1) is 3.66. The molecule has 0 aromatic heterocycles. The average Bonchev–Trinajstić information content (AvgIpc) is 1.65. The summed E-state index contributed by atoms with van der Waals surface area (Å²) in [5.74, 6) is 0. The SMILES string of the molecule is CCN(C)CB(O)O. The largest absolute Gasteiger partial charge is 0.466 e. The van der Waals surface area contributed by atoms with Gasteiger partial charge in [-0.05, 0) is 13.6 Å². The molecule has 0 amide bonds. The molecule has 0 aromatic carbocycles. The van der Waals surface area contributed by atoms with Gasteiger partial charge in [0.25, 0.3) is 0 Å². The summed E-state index contributed by atoms with van der Waals surface area (Å²) in [7, 11) is 0.638. The topological polar surface area (TPSA) is 43.7 Å². The minimum absolute atomic E-state index is 0.330. The van der Waals surface area contributed by atoms with E-state index in [9.17, 15) is 0 Å². The van der Waals surface area contributed by atoms with Crippen molar-refractivity contribution in [2.24, 2.45) is 0 Å². The van der Waals surface area contributed by atoms with Gasteiger partial charge in [-0.25, -0.2) is 0 Å². The van der Waals surface area contributed by atoms with Crippen molar-refractivity contribution in [2.45, 2.75) is 6.92 Å². The minimum atomic E-state index is -1.19. The van der Waals surface area contributed by atoms with Crippen LogP contribution < -0.4 is 0 Å². The van der Waals surface area contributed by atoms with Gasteiger partial charge in [0.15, 0.2) is 0 Å². The van der Waals surface area contributed by atoms with Crippen molar-refractivity contribution in [1.29, 1.82) is 0 Å². The third-order valence-corrected chi connectivity index (χ3v) is 1.01. The van der Waals surface area contributed by atoms with Gasteiger partial charge in [-0.1, -0.05) is 6.92 Å². The molecule has 3 nitrogen and oxygen atoms in total. The maximum atomic E-state index is 8.37. The monoisotopic (exact) mass is 117 g/mol. The Morgan fingerprint density at radius 1 is 1.50 bits per heavy atom. The Balaban J connectivity index is 3.10. The Morgan fingerprint density at radius 2 is 2.00 bits per heavy atom. The van der Waals surface area contributed by atoms with Gasteiger partial charge in [-0.2, -0.15) is 0 Å². The van der Waals surface area contributed by atoms with Crippen LogP contribution in [0.25, 0.3) is 0 Å². The van der Waals surface area contributed by atoms with E-state index in [1.807, 2.05) is 18.9 Å². The smallest absolute Gasteiger partial charge is 0.426 e. The van der Waals surface area contributed by atoms with Crippen LogP contribution in [0.5, 0.6) is 0 Å². The van der Waals surface area contributed by atoms with Crippen LogP contribution in [0, 0.1) is 0 Å². The second kappa shape index (κ2) is 3.89. The van der Waals surface area contributed by atoms with Crippen LogP contribution in [-0.4, -0.2) is 42.1 Å². The van der Waals surface area contributed by atoms with Crippen molar-refractivity contribution >= 4 is 7.12 Å². The summed E-state index contributed by atoms with van der Waals surface area (Å²) < 4.78 is 0. The third-order valence-electron chi connectivity index (χ3n) is 1.01. The van der Waals surface area contributed by atoms with E-state index in [-0.39, 0.29) is 0 Å². The molecule has 8 heavy (non-hydrogen) atoms. The first kappa shape index (κ1) is 7.94. The molecule has 0 saturated heterocycles. The second-order valence-electron chi connectivity index (χ2n) is 1.84. The molecule has 48 valence electrons. The normalized spacial score (nSPS) is 10.1. The number of nitrogens with zero attached hydrogens (tertiary/aromatic N) is 1. The van der Waals surface area contributed by atoms with E-state index in [1.165, 1.54) is 0 Å². The predicted molar refractivity (Wildman–Crippen MR) is 33.4 cm³/mol. The van der Waals surface area contributed by atoms with Gasteiger partial charge in [-0.3, -0.25) is 0 Å². The first-order valence-electron chi connectivity index (χ1n) is 2.71. The zero-order valence-corrected chi connectivity index (χ0v) is 5.33. The Bertz CT molecular complexity index is 60.0. The lowest BCUT2D eigenvalue weighted by Gasteiger charge is -2.11. The summed E-state index contributed by atoms with van der Waals surface area (Å²) in [5, 5.41) is 16.7.